The van der Waals surface area contributed by atoms with Crippen molar-refractivity contribution in [2.24, 2.45) is 5.92 Å². The average molecular weight is 419 g/mol. The van der Waals surface area contributed by atoms with Crippen LogP contribution in [0.4, 0.5) is 10.6 Å². The quantitative estimate of drug-likeness (QED) is 0.775. The van der Waals surface area contributed by atoms with E-state index in [2.05, 4.69) is 15.3 Å². The molecule has 1 unspecified atom stereocenters. The normalized spacial score (nSPS) is 16.7. The second kappa shape index (κ2) is 8.45. The number of carbonyl (C=O) groups is 1. The molecule has 1 aliphatic heterocycles. The summed E-state index contributed by atoms with van der Waals surface area (Å²) in [6.07, 6.45) is 1.88. The van der Waals surface area contributed by atoms with E-state index in [0.717, 1.165) is 24.1 Å². The molecule has 3 rings (SSSR count). The first-order chi connectivity index (χ1) is 13.6. The number of anilines is 1. The molecule has 1 amide bonds. The van der Waals surface area contributed by atoms with E-state index in [-0.39, 0.29) is 11.7 Å². The predicted octanol–water partition coefficient (Wildman–Crippen LogP) is 4.16. The standard InChI is InChI=1S/C21H27ClN4O3/c1-13-5-6-15(9-16(13)22)18-23-11-17(27)19(25-18)26-8-7-14(12-26)10-24-20(28)29-21(2,3)4/h5-6,9,11,14,27H,7-8,10,12H2,1-4H3,(H,24,28). The van der Waals surface area contributed by atoms with Gasteiger partial charge in [0, 0.05) is 30.2 Å². The van der Waals surface area contributed by atoms with Crippen LogP contribution in [0.2, 0.25) is 5.02 Å². The fraction of sp³-hybridized carbons (Fsp3) is 0.476. The van der Waals surface area contributed by atoms with Gasteiger partial charge in [-0.3, -0.25) is 0 Å². The van der Waals surface area contributed by atoms with Gasteiger partial charge in [0.05, 0.1) is 6.20 Å². The monoisotopic (exact) mass is 418 g/mol. The largest absolute Gasteiger partial charge is 0.503 e. The minimum Gasteiger partial charge on any atom is -0.503 e. The van der Waals surface area contributed by atoms with Crippen molar-refractivity contribution < 1.29 is 14.6 Å². The molecule has 1 fully saturated rings. The first-order valence-electron chi connectivity index (χ1n) is 9.67. The third-order valence-electron chi connectivity index (χ3n) is 4.70. The zero-order valence-corrected chi connectivity index (χ0v) is 18.0. The van der Waals surface area contributed by atoms with Gasteiger partial charge in [-0.15, -0.1) is 0 Å². The van der Waals surface area contributed by atoms with Crippen molar-refractivity contribution in [3.63, 3.8) is 0 Å². The van der Waals surface area contributed by atoms with Crippen LogP contribution in [0.5, 0.6) is 5.75 Å². The molecule has 8 heteroatoms. The second-order valence-corrected chi connectivity index (χ2v) is 8.76. The molecule has 0 bridgehead atoms. The summed E-state index contributed by atoms with van der Waals surface area (Å²) in [5, 5.41) is 13.8. The molecule has 2 heterocycles. The highest BCUT2D eigenvalue weighted by Crippen LogP contribution is 2.32. The fourth-order valence-corrected chi connectivity index (χ4v) is 3.38. The number of aromatic nitrogens is 2. The predicted molar refractivity (Wildman–Crippen MR) is 113 cm³/mol. The summed E-state index contributed by atoms with van der Waals surface area (Å²) in [6, 6.07) is 5.65. The van der Waals surface area contributed by atoms with Crippen molar-refractivity contribution >= 4 is 23.5 Å². The van der Waals surface area contributed by atoms with Gasteiger partial charge in [-0.05, 0) is 51.7 Å². The Morgan fingerprint density at radius 3 is 2.86 bits per heavy atom. The van der Waals surface area contributed by atoms with Gasteiger partial charge in [0.2, 0.25) is 0 Å². The van der Waals surface area contributed by atoms with Crippen LogP contribution in [-0.2, 0) is 4.74 Å². The van der Waals surface area contributed by atoms with Gasteiger partial charge >= 0.3 is 6.09 Å². The Bertz CT molecular complexity index is 898. The summed E-state index contributed by atoms with van der Waals surface area (Å²) >= 11 is 6.22. The van der Waals surface area contributed by atoms with Crippen molar-refractivity contribution in [2.45, 2.75) is 39.7 Å². The number of carbonyl (C=O) groups excluding carboxylic acids is 1. The Kier molecular flexibility index (Phi) is 6.17. The van der Waals surface area contributed by atoms with Crippen molar-refractivity contribution in [1.82, 2.24) is 15.3 Å². The average Bonchev–Trinajstić information content (AvgIpc) is 3.10. The summed E-state index contributed by atoms with van der Waals surface area (Å²) in [6.45, 7) is 9.36. The minimum atomic E-state index is -0.520. The molecule has 156 valence electrons. The molecule has 1 aliphatic rings. The van der Waals surface area contributed by atoms with Crippen LogP contribution in [-0.4, -0.2) is 46.4 Å². The number of nitrogens with zero attached hydrogens (tertiary/aromatic N) is 3. The third-order valence-corrected chi connectivity index (χ3v) is 5.11. The van der Waals surface area contributed by atoms with Crippen molar-refractivity contribution in [3.8, 4) is 17.1 Å². The van der Waals surface area contributed by atoms with Gasteiger partial charge in [-0.2, -0.15) is 0 Å². The van der Waals surface area contributed by atoms with Crippen molar-refractivity contribution in [2.75, 3.05) is 24.5 Å². The maximum Gasteiger partial charge on any atom is 0.407 e. The summed E-state index contributed by atoms with van der Waals surface area (Å²) in [4.78, 5) is 22.7. The highest BCUT2D eigenvalue weighted by Gasteiger charge is 2.27. The minimum absolute atomic E-state index is 0.0349. The lowest BCUT2D eigenvalue weighted by Crippen LogP contribution is -2.36. The van der Waals surface area contributed by atoms with E-state index >= 15 is 0 Å². The molecule has 2 aromatic rings. The SMILES string of the molecule is Cc1ccc(-c2ncc(O)c(N3CCC(CNC(=O)OC(C)(C)C)C3)n2)cc1Cl. The van der Waals surface area contributed by atoms with Crippen LogP contribution in [0.25, 0.3) is 11.4 Å². The molecule has 1 saturated heterocycles. The molecule has 0 aliphatic carbocycles. The van der Waals surface area contributed by atoms with Gasteiger partial charge in [-0.1, -0.05) is 23.7 Å². The number of rotatable bonds is 4. The molecule has 1 aromatic heterocycles. The lowest BCUT2D eigenvalue weighted by atomic mass is 10.1. The van der Waals surface area contributed by atoms with Crippen molar-refractivity contribution in [1.29, 1.82) is 0 Å². The summed E-state index contributed by atoms with van der Waals surface area (Å²) in [5.74, 6) is 1.28. The number of hydrogen-bond acceptors (Lipinski definition) is 6. The number of aromatic hydroxyl groups is 1. The van der Waals surface area contributed by atoms with E-state index in [1.165, 1.54) is 6.20 Å². The van der Waals surface area contributed by atoms with Gasteiger partial charge in [0.1, 0.15) is 5.60 Å². The van der Waals surface area contributed by atoms with E-state index in [9.17, 15) is 9.90 Å². The van der Waals surface area contributed by atoms with Crippen LogP contribution in [0.3, 0.4) is 0 Å². The number of ether oxygens (including phenoxy) is 1. The van der Waals surface area contributed by atoms with E-state index in [4.69, 9.17) is 16.3 Å². The van der Waals surface area contributed by atoms with E-state index < -0.39 is 11.7 Å². The molecule has 7 nitrogen and oxygen atoms in total. The topological polar surface area (TPSA) is 87.6 Å². The Morgan fingerprint density at radius 1 is 1.41 bits per heavy atom. The molecule has 1 aromatic carbocycles. The number of halogens is 1. The maximum atomic E-state index is 11.9. The Balaban J connectivity index is 1.67. The van der Waals surface area contributed by atoms with E-state index in [0.29, 0.717) is 29.8 Å². The number of benzene rings is 1. The maximum absolute atomic E-state index is 11.9. The first kappa shape index (κ1) is 21.2. The lowest BCUT2D eigenvalue weighted by molar-refractivity contribution is 0.0520. The number of amides is 1. The number of nitrogens with one attached hydrogen (secondary N) is 1. The molecule has 29 heavy (non-hydrogen) atoms. The summed E-state index contributed by atoms with van der Waals surface area (Å²) in [5.41, 5.74) is 1.26. The summed E-state index contributed by atoms with van der Waals surface area (Å²) < 4.78 is 5.28. The van der Waals surface area contributed by atoms with Crippen LogP contribution >= 0.6 is 11.6 Å². The second-order valence-electron chi connectivity index (χ2n) is 8.35. The van der Waals surface area contributed by atoms with Gasteiger partial charge in [-0.25, -0.2) is 14.8 Å². The number of alkyl carbamates (subject to hydrolysis) is 1. The highest BCUT2D eigenvalue weighted by atomic mass is 35.5. The van der Waals surface area contributed by atoms with Crippen LogP contribution in [0, 0.1) is 12.8 Å². The molecule has 2 N–H and O–H groups in total. The summed E-state index contributed by atoms with van der Waals surface area (Å²) in [7, 11) is 0. The molecular weight excluding hydrogens is 392 g/mol. The van der Waals surface area contributed by atoms with Crippen LogP contribution in [0.15, 0.2) is 24.4 Å². The Labute approximate surface area is 176 Å². The Morgan fingerprint density at radius 2 is 2.17 bits per heavy atom. The smallest absolute Gasteiger partial charge is 0.407 e. The molecule has 1 atom stereocenters. The van der Waals surface area contributed by atoms with Gasteiger partial charge in [0.25, 0.3) is 0 Å². The molecule has 0 radical (unpaired) electrons. The Hall–Kier alpha value is -2.54. The molecular formula is C21H27ClN4O3. The van der Waals surface area contributed by atoms with Crippen LogP contribution < -0.4 is 10.2 Å². The third kappa shape index (κ3) is 5.50. The zero-order chi connectivity index (χ0) is 21.2. The first-order valence-corrected chi connectivity index (χ1v) is 10.0. The molecule has 0 saturated carbocycles. The van der Waals surface area contributed by atoms with Gasteiger partial charge in [0.15, 0.2) is 17.4 Å². The highest BCUT2D eigenvalue weighted by molar-refractivity contribution is 6.31. The van der Waals surface area contributed by atoms with Crippen LogP contribution in [0.1, 0.15) is 32.8 Å². The fourth-order valence-electron chi connectivity index (χ4n) is 3.20. The lowest BCUT2D eigenvalue weighted by Gasteiger charge is -2.21. The van der Waals surface area contributed by atoms with Crippen molar-refractivity contribution in [3.05, 3.63) is 35.0 Å². The zero-order valence-electron chi connectivity index (χ0n) is 17.2. The molecule has 0 spiro atoms. The number of hydrogen-bond donors (Lipinski definition) is 2. The van der Waals surface area contributed by atoms with E-state index in [1.807, 2.05) is 50.8 Å². The van der Waals surface area contributed by atoms with Gasteiger partial charge < -0.3 is 20.1 Å². The number of aryl methyl sites for hydroxylation is 1. The van der Waals surface area contributed by atoms with E-state index in [1.54, 1.807) is 0 Å².